The van der Waals surface area contributed by atoms with Crippen LogP contribution in [0.1, 0.15) is 6.92 Å². The standard InChI is InChI=1S/C16H16N6O/c1-3-16(23)20-11-5-6-12-13(7-11)22(10-19-12)15-9-17-8-14(21-15)18-4-2/h3,5-10H,1,4H2,2H3,(H,18,21)(H,20,23). The van der Waals surface area contributed by atoms with Gasteiger partial charge in [-0.25, -0.2) is 9.97 Å². The van der Waals surface area contributed by atoms with E-state index >= 15 is 0 Å². The van der Waals surface area contributed by atoms with Crippen molar-refractivity contribution in [3.05, 3.63) is 49.6 Å². The summed E-state index contributed by atoms with van der Waals surface area (Å²) < 4.78 is 1.83. The van der Waals surface area contributed by atoms with Gasteiger partial charge in [-0.15, -0.1) is 0 Å². The van der Waals surface area contributed by atoms with Crippen molar-refractivity contribution >= 4 is 28.4 Å². The zero-order valence-electron chi connectivity index (χ0n) is 12.7. The molecule has 0 aliphatic carbocycles. The molecule has 0 atom stereocenters. The number of nitrogens with zero attached hydrogens (tertiary/aromatic N) is 4. The fourth-order valence-electron chi connectivity index (χ4n) is 2.20. The third kappa shape index (κ3) is 3.03. The highest BCUT2D eigenvalue weighted by atomic mass is 16.1. The van der Waals surface area contributed by atoms with Crippen LogP contribution in [0.4, 0.5) is 11.5 Å². The summed E-state index contributed by atoms with van der Waals surface area (Å²) in [5.41, 5.74) is 2.30. The van der Waals surface area contributed by atoms with E-state index in [1.807, 2.05) is 23.6 Å². The zero-order chi connectivity index (χ0) is 16.2. The van der Waals surface area contributed by atoms with Crippen LogP contribution in [-0.2, 0) is 4.79 Å². The van der Waals surface area contributed by atoms with Crippen molar-refractivity contribution in [2.75, 3.05) is 17.2 Å². The summed E-state index contributed by atoms with van der Waals surface area (Å²) in [5, 5.41) is 5.86. The molecule has 23 heavy (non-hydrogen) atoms. The van der Waals surface area contributed by atoms with Crippen LogP contribution in [-0.4, -0.2) is 32.0 Å². The van der Waals surface area contributed by atoms with Crippen LogP contribution in [0.25, 0.3) is 16.9 Å². The van der Waals surface area contributed by atoms with Crippen LogP contribution in [0.15, 0.2) is 49.6 Å². The molecule has 7 heteroatoms. The van der Waals surface area contributed by atoms with Gasteiger partial charge in [0.1, 0.15) is 12.1 Å². The molecule has 0 bridgehead atoms. The monoisotopic (exact) mass is 308 g/mol. The maximum atomic E-state index is 11.4. The number of fused-ring (bicyclic) bond motifs is 1. The number of anilines is 2. The number of hydrogen-bond acceptors (Lipinski definition) is 5. The second-order valence-electron chi connectivity index (χ2n) is 4.80. The van der Waals surface area contributed by atoms with Gasteiger partial charge < -0.3 is 10.6 Å². The number of imidazole rings is 1. The van der Waals surface area contributed by atoms with Gasteiger partial charge in [0.05, 0.1) is 23.4 Å². The molecule has 0 unspecified atom stereocenters. The Morgan fingerprint density at radius 2 is 2.26 bits per heavy atom. The molecule has 3 rings (SSSR count). The third-order valence-corrected chi connectivity index (χ3v) is 3.23. The zero-order valence-corrected chi connectivity index (χ0v) is 12.7. The van der Waals surface area contributed by atoms with E-state index in [0.717, 1.165) is 17.6 Å². The van der Waals surface area contributed by atoms with Gasteiger partial charge in [-0.2, -0.15) is 0 Å². The highest BCUT2D eigenvalue weighted by Gasteiger charge is 2.08. The Kier molecular flexibility index (Phi) is 4.01. The second kappa shape index (κ2) is 6.27. The number of carbonyl (C=O) groups is 1. The molecule has 1 amide bonds. The van der Waals surface area contributed by atoms with E-state index in [0.29, 0.717) is 17.3 Å². The van der Waals surface area contributed by atoms with Gasteiger partial charge >= 0.3 is 0 Å². The molecule has 0 fully saturated rings. The lowest BCUT2D eigenvalue weighted by Gasteiger charge is -2.07. The van der Waals surface area contributed by atoms with Crippen LogP contribution in [0.5, 0.6) is 0 Å². The average molecular weight is 308 g/mol. The first kappa shape index (κ1) is 14.7. The van der Waals surface area contributed by atoms with Crippen molar-refractivity contribution < 1.29 is 4.79 Å². The molecule has 2 heterocycles. The number of rotatable bonds is 5. The van der Waals surface area contributed by atoms with Crippen molar-refractivity contribution in [1.82, 2.24) is 19.5 Å². The summed E-state index contributed by atoms with van der Waals surface area (Å²) in [6.45, 7) is 6.21. The fraction of sp³-hybridized carbons (Fsp3) is 0.125. The molecule has 0 saturated heterocycles. The van der Waals surface area contributed by atoms with Crippen molar-refractivity contribution in [2.45, 2.75) is 6.92 Å². The van der Waals surface area contributed by atoms with Gasteiger partial charge in [0.25, 0.3) is 0 Å². The number of hydrogen-bond donors (Lipinski definition) is 2. The van der Waals surface area contributed by atoms with Gasteiger partial charge in [0, 0.05) is 12.2 Å². The molecule has 7 nitrogen and oxygen atoms in total. The maximum absolute atomic E-state index is 11.4. The predicted molar refractivity (Wildman–Crippen MR) is 89.7 cm³/mol. The first-order valence-corrected chi connectivity index (χ1v) is 7.18. The average Bonchev–Trinajstić information content (AvgIpc) is 2.98. The molecule has 0 aliphatic rings. The molecular weight excluding hydrogens is 292 g/mol. The van der Waals surface area contributed by atoms with E-state index in [1.54, 1.807) is 24.8 Å². The largest absolute Gasteiger partial charge is 0.369 e. The fourth-order valence-corrected chi connectivity index (χ4v) is 2.20. The van der Waals surface area contributed by atoms with E-state index in [2.05, 4.69) is 32.2 Å². The lowest BCUT2D eigenvalue weighted by molar-refractivity contribution is -0.111. The quantitative estimate of drug-likeness (QED) is 0.707. The first-order valence-electron chi connectivity index (χ1n) is 7.18. The highest BCUT2D eigenvalue weighted by Crippen LogP contribution is 2.21. The Labute approximate surface area is 133 Å². The third-order valence-electron chi connectivity index (χ3n) is 3.23. The minimum atomic E-state index is -0.260. The highest BCUT2D eigenvalue weighted by molar-refractivity contribution is 6.00. The number of carbonyl (C=O) groups excluding carboxylic acids is 1. The molecule has 2 N–H and O–H groups in total. The Morgan fingerprint density at radius 1 is 1.39 bits per heavy atom. The van der Waals surface area contributed by atoms with E-state index in [1.165, 1.54) is 6.08 Å². The Bertz CT molecular complexity index is 870. The predicted octanol–water partition coefficient (Wildman–Crippen LogP) is 2.37. The van der Waals surface area contributed by atoms with Crippen LogP contribution >= 0.6 is 0 Å². The lowest BCUT2D eigenvalue weighted by Crippen LogP contribution is -2.07. The number of benzene rings is 1. The van der Waals surface area contributed by atoms with Gasteiger partial charge in [0.15, 0.2) is 5.82 Å². The van der Waals surface area contributed by atoms with Crippen LogP contribution < -0.4 is 10.6 Å². The molecule has 1 aromatic carbocycles. The summed E-state index contributed by atoms with van der Waals surface area (Å²) in [5.74, 6) is 1.09. The van der Waals surface area contributed by atoms with E-state index < -0.39 is 0 Å². The van der Waals surface area contributed by atoms with E-state index in [9.17, 15) is 4.79 Å². The molecule has 3 aromatic rings. The van der Waals surface area contributed by atoms with E-state index in [-0.39, 0.29) is 5.91 Å². The molecule has 0 aliphatic heterocycles. The van der Waals surface area contributed by atoms with Gasteiger partial charge in [-0.05, 0) is 31.2 Å². The van der Waals surface area contributed by atoms with Crippen LogP contribution in [0, 0.1) is 0 Å². The Morgan fingerprint density at radius 3 is 3.04 bits per heavy atom. The first-order chi connectivity index (χ1) is 11.2. The molecule has 0 spiro atoms. The normalized spacial score (nSPS) is 10.5. The number of nitrogens with one attached hydrogen (secondary N) is 2. The molecule has 0 radical (unpaired) electrons. The summed E-state index contributed by atoms with van der Waals surface area (Å²) >= 11 is 0. The van der Waals surface area contributed by atoms with Crippen LogP contribution in [0.3, 0.4) is 0 Å². The summed E-state index contributed by atoms with van der Waals surface area (Å²) in [7, 11) is 0. The number of aromatic nitrogens is 4. The lowest BCUT2D eigenvalue weighted by atomic mass is 10.2. The van der Waals surface area contributed by atoms with Gasteiger partial charge in [-0.3, -0.25) is 14.3 Å². The van der Waals surface area contributed by atoms with Crippen molar-refractivity contribution in [1.29, 1.82) is 0 Å². The minimum absolute atomic E-state index is 0.260. The molecular formula is C16H16N6O. The summed E-state index contributed by atoms with van der Waals surface area (Å²) in [6, 6.07) is 5.47. The van der Waals surface area contributed by atoms with Gasteiger partial charge in [0.2, 0.25) is 5.91 Å². The minimum Gasteiger partial charge on any atom is -0.369 e. The molecule has 116 valence electrons. The molecule has 2 aromatic heterocycles. The molecule has 0 saturated carbocycles. The van der Waals surface area contributed by atoms with Crippen molar-refractivity contribution in [2.24, 2.45) is 0 Å². The SMILES string of the molecule is C=CC(=O)Nc1ccc2ncn(-c3cncc(NCC)n3)c2c1. The topological polar surface area (TPSA) is 84.7 Å². The Hall–Kier alpha value is -3.22. The smallest absolute Gasteiger partial charge is 0.247 e. The summed E-state index contributed by atoms with van der Waals surface area (Å²) in [4.78, 5) is 24.5. The van der Waals surface area contributed by atoms with Crippen LogP contribution in [0.2, 0.25) is 0 Å². The van der Waals surface area contributed by atoms with Crippen molar-refractivity contribution in [3.8, 4) is 5.82 Å². The van der Waals surface area contributed by atoms with E-state index in [4.69, 9.17) is 0 Å². The second-order valence-corrected chi connectivity index (χ2v) is 4.80. The van der Waals surface area contributed by atoms with Gasteiger partial charge in [-0.1, -0.05) is 6.58 Å². The maximum Gasteiger partial charge on any atom is 0.247 e. The number of amides is 1. The summed E-state index contributed by atoms with van der Waals surface area (Å²) in [6.07, 6.45) is 6.25. The van der Waals surface area contributed by atoms with Crippen molar-refractivity contribution in [3.63, 3.8) is 0 Å². The Balaban J connectivity index is 2.03.